The van der Waals surface area contributed by atoms with Crippen LogP contribution >= 0.6 is 11.6 Å². The fourth-order valence-electron chi connectivity index (χ4n) is 5.60. The maximum absolute atomic E-state index is 13.2. The van der Waals surface area contributed by atoms with E-state index in [9.17, 15) is 9.18 Å². The van der Waals surface area contributed by atoms with Crippen molar-refractivity contribution in [3.05, 3.63) is 58.6 Å². The Bertz CT molecular complexity index is 1300. The molecule has 2 fully saturated rings. The number of fused-ring (bicyclic) bond motifs is 3. The van der Waals surface area contributed by atoms with Gasteiger partial charge >= 0.3 is 0 Å². The van der Waals surface area contributed by atoms with Gasteiger partial charge in [0.25, 0.3) is 0 Å². The molecule has 3 aromatic rings. The first-order chi connectivity index (χ1) is 17.4. The van der Waals surface area contributed by atoms with Gasteiger partial charge in [-0.25, -0.2) is 14.4 Å². The molecule has 3 aliphatic rings. The SMILES string of the molecule is CN(C)C(=O)C1(N2Cc3cc(Cl)ccc3-n3c(nnc3C3CCN(c4ncc(F)cn4)CC3)C2)CC1. The molecule has 2 aliphatic heterocycles. The van der Waals surface area contributed by atoms with Crippen LogP contribution in [0.1, 0.15) is 48.8 Å². The van der Waals surface area contributed by atoms with Crippen LogP contribution in [-0.2, 0) is 17.9 Å². The first-order valence-electron chi connectivity index (χ1n) is 12.3. The van der Waals surface area contributed by atoms with Crippen molar-refractivity contribution in [3.8, 4) is 5.69 Å². The molecule has 1 aliphatic carbocycles. The summed E-state index contributed by atoms with van der Waals surface area (Å²) >= 11 is 6.42. The number of amides is 1. The second-order valence-electron chi connectivity index (χ2n) is 10.1. The molecule has 4 heterocycles. The fraction of sp³-hybridized carbons (Fsp3) is 0.480. The van der Waals surface area contributed by atoms with Gasteiger partial charge in [0.2, 0.25) is 11.9 Å². The van der Waals surface area contributed by atoms with Crippen LogP contribution in [-0.4, -0.2) is 73.2 Å². The Morgan fingerprint density at radius 3 is 2.50 bits per heavy atom. The molecule has 2 aromatic heterocycles. The Morgan fingerprint density at radius 1 is 1.11 bits per heavy atom. The third-order valence-corrected chi connectivity index (χ3v) is 7.85. The molecule has 0 unspecified atom stereocenters. The van der Waals surface area contributed by atoms with Gasteiger partial charge in [-0.15, -0.1) is 10.2 Å². The van der Waals surface area contributed by atoms with E-state index in [0.29, 0.717) is 24.1 Å². The smallest absolute Gasteiger partial charge is 0.242 e. The van der Waals surface area contributed by atoms with E-state index in [1.807, 2.05) is 32.3 Å². The molecule has 0 N–H and O–H groups in total. The predicted octanol–water partition coefficient (Wildman–Crippen LogP) is 3.17. The Morgan fingerprint density at radius 2 is 1.83 bits per heavy atom. The maximum Gasteiger partial charge on any atom is 0.242 e. The first-order valence-corrected chi connectivity index (χ1v) is 12.7. The number of rotatable bonds is 4. The van der Waals surface area contributed by atoms with Crippen LogP contribution < -0.4 is 4.90 Å². The summed E-state index contributed by atoms with van der Waals surface area (Å²) < 4.78 is 15.4. The van der Waals surface area contributed by atoms with Crippen molar-refractivity contribution >= 4 is 23.5 Å². The normalized spacial score (nSPS) is 19.4. The van der Waals surface area contributed by atoms with Gasteiger partial charge in [-0.05, 0) is 49.4 Å². The number of benzene rings is 1. The van der Waals surface area contributed by atoms with Gasteiger partial charge in [0, 0.05) is 44.7 Å². The largest absolute Gasteiger partial charge is 0.347 e. The maximum atomic E-state index is 13.2. The predicted molar refractivity (Wildman–Crippen MR) is 132 cm³/mol. The third kappa shape index (κ3) is 3.92. The molecule has 188 valence electrons. The van der Waals surface area contributed by atoms with E-state index in [1.165, 1.54) is 12.4 Å². The van der Waals surface area contributed by atoms with Crippen LogP contribution in [0.4, 0.5) is 10.3 Å². The van der Waals surface area contributed by atoms with E-state index in [2.05, 4.69) is 34.5 Å². The zero-order valence-corrected chi connectivity index (χ0v) is 21.1. The van der Waals surface area contributed by atoms with Crippen LogP contribution in [0.2, 0.25) is 5.02 Å². The Hall–Kier alpha value is -3.11. The van der Waals surface area contributed by atoms with Crippen molar-refractivity contribution in [2.45, 2.75) is 50.2 Å². The van der Waals surface area contributed by atoms with Crippen LogP contribution in [0, 0.1) is 5.82 Å². The van der Waals surface area contributed by atoms with Crippen molar-refractivity contribution in [2.24, 2.45) is 0 Å². The number of halogens is 2. The molecule has 36 heavy (non-hydrogen) atoms. The van der Waals surface area contributed by atoms with Crippen molar-refractivity contribution in [1.29, 1.82) is 0 Å². The third-order valence-electron chi connectivity index (χ3n) is 7.61. The molecule has 1 aromatic carbocycles. The molecule has 1 saturated carbocycles. The molecule has 0 atom stereocenters. The molecule has 1 amide bonds. The number of piperidine rings is 1. The number of hydrogen-bond donors (Lipinski definition) is 0. The van der Waals surface area contributed by atoms with E-state index in [4.69, 9.17) is 11.6 Å². The van der Waals surface area contributed by atoms with Gasteiger partial charge < -0.3 is 9.80 Å². The van der Waals surface area contributed by atoms with Crippen LogP contribution in [0.5, 0.6) is 0 Å². The Labute approximate surface area is 213 Å². The van der Waals surface area contributed by atoms with Crippen molar-refractivity contribution in [2.75, 3.05) is 32.1 Å². The highest BCUT2D eigenvalue weighted by Gasteiger charge is 2.56. The van der Waals surface area contributed by atoms with Gasteiger partial charge in [-0.2, -0.15) is 0 Å². The topological polar surface area (TPSA) is 83.3 Å². The highest BCUT2D eigenvalue weighted by atomic mass is 35.5. The van der Waals surface area contributed by atoms with Crippen molar-refractivity contribution in [1.82, 2.24) is 34.5 Å². The molecular formula is C25H28ClFN8O. The zero-order chi connectivity index (χ0) is 25.0. The minimum Gasteiger partial charge on any atom is -0.347 e. The number of hydrogen-bond acceptors (Lipinski definition) is 7. The number of anilines is 1. The van der Waals surface area contributed by atoms with Crippen LogP contribution in [0.25, 0.3) is 5.69 Å². The van der Waals surface area contributed by atoms with Gasteiger partial charge in [-0.1, -0.05) is 11.6 Å². The molecule has 1 saturated heterocycles. The monoisotopic (exact) mass is 510 g/mol. The molecule has 0 bridgehead atoms. The highest BCUT2D eigenvalue weighted by molar-refractivity contribution is 6.30. The summed E-state index contributed by atoms with van der Waals surface area (Å²) in [4.78, 5) is 27.4. The summed E-state index contributed by atoms with van der Waals surface area (Å²) in [6, 6.07) is 5.93. The minimum absolute atomic E-state index is 0.134. The summed E-state index contributed by atoms with van der Waals surface area (Å²) in [7, 11) is 3.63. The Balaban J connectivity index is 1.32. The standard InChI is InChI=1S/C25H28ClFN8O/c1-32(2)23(36)25(7-8-25)34-14-17-11-18(26)3-4-20(17)35-21(15-34)30-31-22(35)16-5-9-33(10-6-16)24-28-12-19(27)13-29-24/h3-4,11-13,16H,5-10,14-15H2,1-2H3. The van der Waals surface area contributed by atoms with E-state index >= 15 is 0 Å². The summed E-state index contributed by atoms with van der Waals surface area (Å²) in [5.41, 5.74) is 1.59. The quantitative estimate of drug-likeness (QED) is 0.533. The van der Waals surface area contributed by atoms with Gasteiger partial charge in [-0.3, -0.25) is 14.3 Å². The summed E-state index contributed by atoms with van der Waals surface area (Å²) in [6.45, 7) is 2.66. The summed E-state index contributed by atoms with van der Waals surface area (Å²) in [5.74, 6) is 2.22. The molecule has 6 rings (SSSR count). The van der Waals surface area contributed by atoms with Crippen LogP contribution in [0.3, 0.4) is 0 Å². The summed E-state index contributed by atoms with van der Waals surface area (Å²) in [5, 5.41) is 9.97. The lowest BCUT2D eigenvalue weighted by molar-refractivity contribution is -0.136. The fourth-order valence-corrected chi connectivity index (χ4v) is 5.79. The van der Waals surface area contributed by atoms with E-state index < -0.39 is 11.4 Å². The number of aromatic nitrogens is 5. The molecule has 11 heteroatoms. The number of carbonyl (C=O) groups is 1. The van der Waals surface area contributed by atoms with E-state index in [-0.39, 0.29) is 11.8 Å². The average molecular weight is 511 g/mol. The summed E-state index contributed by atoms with van der Waals surface area (Å²) in [6.07, 6.45) is 5.79. The zero-order valence-electron chi connectivity index (χ0n) is 20.4. The number of nitrogens with zero attached hydrogens (tertiary/aromatic N) is 8. The molecule has 0 radical (unpaired) electrons. The second-order valence-corrected chi connectivity index (χ2v) is 10.6. The first kappa shape index (κ1) is 23.3. The number of likely N-dealkylation sites (N-methyl/N-ethyl adjacent to an activating group) is 1. The van der Waals surface area contributed by atoms with Crippen LogP contribution in [0.15, 0.2) is 30.6 Å². The van der Waals surface area contributed by atoms with E-state index in [0.717, 1.165) is 61.7 Å². The van der Waals surface area contributed by atoms with Gasteiger partial charge in [0.05, 0.1) is 24.6 Å². The lowest BCUT2D eigenvalue weighted by Gasteiger charge is -2.31. The Kier molecular flexibility index (Phi) is 5.68. The number of carbonyl (C=O) groups excluding carboxylic acids is 1. The highest BCUT2D eigenvalue weighted by Crippen LogP contribution is 2.46. The lowest BCUT2D eigenvalue weighted by atomic mass is 9.95. The second kappa shape index (κ2) is 8.77. The van der Waals surface area contributed by atoms with Crippen molar-refractivity contribution < 1.29 is 9.18 Å². The molecule has 0 spiro atoms. The molecule has 9 nitrogen and oxygen atoms in total. The molecular weight excluding hydrogens is 483 g/mol. The van der Waals surface area contributed by atoms with Gasteiger partial charge in [0.15, 0.2) is 11.6 Å². The van der Waals surface area contributed by atoms with Crippen molar-refractivity contribution in [3.63, 3.8) is 0 Å². The van der Waals surface area contributed by atoms with E-state index in [1.54, 1.807) is 4.90 Å². The van der Waals surface area contributed by atoms with Gasteiger partial charge in [0.1, 0.15) is 11.4 Å². The average Bonchev–Trinajstić information content (AvgIpc) is 3.61. The minimum atomic E-state index is -0.495. The lowest BCUT2D eigenvalue weighted by Crippen LogP contribution is -2.48.